The number of halogens is 2. The van der Waals surface area contributed by atoms with E-state index in [1.807, 2.05) is 5.38 Å². The molecule has 30 heavy (non-hydrogen) atoms. The Morgan fingerprint density at radius 3 is 2.77 bits per heavy atom. The standard InChI is InChI=1S/C20H15ClFN5O2S/c21-13-4-2-6-15(10-13)24-19(29)18(28)23-8-7-16-11-30-20-25-17(26-27(16)20)12-3-1-5-14(22)9-12/h1-6,9-11H,7-8H2,(H,23,28)(H,24,29). The molecule has 10 heteroatoms. The molecule has 4 rings (SSSR count). The molecule has 0 fully saturated rings. The summed E-state index contributed by atoms with van der Waals surface area (Å²) in [6, 6.07) is 12.6. The summed E-state index contributed by atoms with van der Waals surface area (Å²) in [7, 11) is 0. The van der Waals surface area contributed by atoms with Crippen molar-refractivity contribution in [2.75, 3.05) is 11.9 Å². The zero-order chi connectivity index (χ0) is 21.1. The molecule has 0 spiro atoms. The Bertz CT molecular complexity index is 1240. The van der Waals surface area contributed by atoms with Crippen LogP contribution in [-0.2, 0) is 16.0 Å². The number of fused-ring (bicyclic) bond motifs is 1. The summed E-state index contributed by atoms with van der Waals surface area (Å²) in [5, 5.41) is 11.8. The van der Waals surface area contributed by atoms with Gasteiger partial charge in [0, 0.05) is 34.6 Å². The SMILES string of the molecule is O=C(NCCc1csc2nc(-c3cccc(F)c3)nn12)C(=O)Nc1cccc(Cl)c1. The van der Waals surface area contributed by atoms with Gasteiger partial charge in [-0.25, -0.2) is 8.91 Å². The molecule has 0 unspecified atom stereocenters. The average Bonchev–Trinajstić information content (AvgIpc) is 3.29. The van der Waals surface area contributed by atoms with E-state index in [1.54, 1.807) is 40.9 Å². The minimum Gasteiger partial charge on any atom is -0.347 e. The maximum Gasteiger partial charge on any atom is 0.313 e. The number of thiazole rings is 1. The van der Waals surface area contributed by atoms with Crippen LogP contribution in [0.15, 0.2) is 53.9 Å². The van der Waals surface area contributed by atoms with E-state index in [1.165, 1.54) is 23.5 Å². The molecular formula is C20H15ClFN5O2S. The highest BCUT2D eigenvalue weighted by molar-refractivity contribution is 7.15. The van der Waals surface area contributed by atoms with Gasteiger partial charge in [-0.15, -0.1) is 16.4 Å². The van der Waals surface area contributed by atoms with Crippen LogP contribution in [-0.4, -0.2) is 33.0 Å². The lowest BCUT2D eigenvalue weighted by Crippen LogP contribution is -2.36. The molecule has 0 aliphatic heterocycles. The summed E-state index contributed by atoms with van der Waals surface area (Å²) in [4.78, 5) is 29.1. The number of hydrogen-bond donors (Lipinski definition) is 2. The number of hydrogen-bond acceptors (Lipinski definition) is 5. The quantitative estimate of drug-likeness (QED) is 0.462. The smallest absolute Gasteiger partial charge is 0.313 e. The number of nitrogens with one attached hydrogen (secondary N) is 2. The Hall–Kier alpha value is -3.30. The molecule has 0 bridgehead atoms. The van der Waals surface area contributed by atoms with Gasteiger partial charge in [0.2, 0.25) is 4.96 Å². The third-order valence-corrected chi connectivity index (χ3v) is 5.29. The number of nitrogens with zero attached hydrogens (tertiary/aromatic N) is 3. The summed E-state index contributed by atoms with van der Waals surface area (Å²) < 4.78 is 15.1. The van der Waals surface area contributed by atoms with E-state index >= 15 is 0 Å². The number of carbonyl (C=O) groups is 2. The van der Waals surface area contributed by atoms with Crippen LogP contribution >= 0.6 is 22.9 Å². The molecular weight excluding hydrogens is 429 g/mol. The minimum atomic E-state index is -0.776. The van der Waals surface area contributed by atoms with Gasteiger partial charge in [0.15, 0.2) is 5.82 Å². The van der Waals surface area contributed by atoms with Gasteiger partial charge in [-0.05, 0) is 30.3 Å². The molecule has 0 saturated heterocycles. The van der Waals surface area contributed by atoms with Crippen molar-refractivity contribution in [2.45, 2.75) is 6.42 Å². The maximum atomic E-state index is 13.4. The van der Waals surface area contributed by atoms with E-state index in [0.29, 0.717) is 33.5 Å². The second-order valence-electron chi connectivity index (χ2n) is 6.34. The fraction of sp³-hybridized carbons (Fsp3) is 0.100. The molecule has 0 aliphatic carbocycles. The molecule has 0 saturated carbocycles. The zero-order valence-corrected chi connectivity index (χ0v) is 17.0. The van der Waals surface area contributed by atoms with Crippen molar-refractivity contribution in [3.63, 3.8) is 0 Å². The first kappa shape index (κ1) is 20.0. The van der Waals surface area contributed by atoms with Crippen molar-refractivity contribution in [1.82, 2.24) is 19.9 Å². The van der Waals surface area contributed by atoms with Crippen molar-refractivity contribution < 1.29 is 14.0 Å². The summed E-state index contributed by atoms with van der Waals surface area (Å²) in [6.45, 7) is 0.239. The molecule has 0 radical (unpaired) electrons. The Morgan fingerprint density at radius 2 is 1.97 bits per heavy atom. The molecule has 2 aromatic carbocycles. The Balaban J connectivity index is 1.37. The van der Waals surface area contributed by atoms with Crippen LogP contribution in [0.4, 0.5) is 10.1 Å². The monoisotopic (exact) mass is 443 g/mol. The van der Waals surface area contributed by atoms with Crippen LogP contribution in [0, 0.1) is 5.82 Å². The molecule has 2 aromatic heterocycles. The van der Waals surface area contributed by atoms with Crippen LogP contribution < -0.4 is 10.6 Å². The fourth-order valence-corrected chi connectivity index (χ4v) is 3.83. The molecule has 0 aliphatic rings. The fourth-order valence-electron chi connectivity index (χ4n) is 2.78. The lowest BCUT2D eigenvalue weighted by molar-refractivity contribution is -0.136. The average molecular weight is 444 g/mol. The minimum absolute atomic E-state index is 0.239. The third kappa shape index (κ3) is 4.47. The van der Waals surface area contributed by atoms with E-state index in [4.69, 9.17) is 11.6 Å². The lowest BCUT2D eigenvalue weighted by Gasteiger charge is -2.06. The third-order valence-electron chi connectivity index (χ3n) is 4.19. The topological polar surface area (TPSA) is 88.4 Å². The number of amides is 2. The van der Waals surface area contributed by atoms with Gasteiger partial charge >= 0.3 is 11.8 Å². The normalized spacial score (nSPS) is 10.9. The van der Waals surface area contributed by atoms with E-state index in [9.17, 15) is 14.0 Å². The van der Waals surface area contributed by atoms with Crippen LogP contribution in [0.2, 0.25) is 5.02 Å². The van der Waals surface area contributed by atoms with Gasteiger partial charge in [-0.1, -0.05) is 29.8 Å². The van der Waals surface area contributed by atoms with Crippen LogP contribution in [0.3, 0.4) is 0 Å². The number of carbonyl (C=O) groups excluding carboxylic acids is 2. The van der Waals surface area contributed by atoms with E-state index < -0.39 is 11.8 Å². The molecule has 4 aromatic rings. The van der Waals surface area contributed by atoms with Crippen molar-refractivity contribution in [2.24, 2.45) is 0 Å². The van der Waals surface area contributed by atoms with Crippen LogP contribution in [0.1, 0.15) is 5.69 Å². The Morgan fingerprint density at radius 1 is 1.13 bits per heavy atom. The predicted molar refractivity (Wildman–Crippen MR) is 113 cm³/mol. The predicted octanol–water partition coefficient (Wildman–Crippen LogP) is 3.55. The van der Waals surface area contributed by atoms with Crippen molar-refractivity contribution >= 4 is 45.4 Å². The molecule has 7 nitrogen and oxygen atoms in total. The van der Waals surface area contributed by atoms with Crippen molar-refractivity contribution in [1.29, 1.82) is 0 Å². The zero-order valence-electron chi connectivity index (χ0n) is 15.4. The number of benzene rings is 2. The summed E-state index contributed by atoms with van der Waals surface area (Å²) in [5.41, 5.74) is 1.85. The van der Waals surface area contributed by atoms with Gasteiger partial charge in [-0.2, -0.15) is 4.98 Å². The first-order valence-corrected chi connectivity index (χ1v) is 10.2. The van der Waals surface area contributed by atoms with Crippen LogP contribution in [0.5, 0.6) is 0 Å². The van der Waals surface area contributed by atoms with Gasteiger partial charge in [-0.3, -0.25) is 9.59 Å². The molecule has 2 heterocycles. The first-order valence-electron chi connectivity index (χ1n) is 8.93. The van der Waals surface area contributed by atoms with Gasteiger partial charge in [0.1, 0.15) is 5.82 Å². The maximum absolute atomic E-state index is 13.4. The molecule has 0 atom stereocenters. The second kappa shape index (κ2) is 8.60. The Labute approximate surface area is 179 Å². The van der Waals surface area contributed by atoms with Gasteiger partial charge in [0.25, 0.3) is 0 Å². The Kier molecular flexibility index (Phi) is 5.73. The highest BCUT2D eigenvalue weighted by Crippen LogP contribution is 2.21. The summed E-state index contributed by atoms with van der Waals surface area (Å²) in [5.74, 6) is -1.46. The van der Waals surface area contributed by atoms with Crippen LogP contribution in [0.25, 0.3) is 16.3 Å². The van der Waals surface area contributed by atoms with Crippen molar-refractivity contribution in [3.8, 4) is 11.4 Å². The van der Waals surface area contributed by atoms with Crippen molar-refractivity contribution in [3.05, 3.63) is 70.4 Å². The molecule has 2 amide bonds. The van der Waals surface area contributed by atoms with Gasteiger partial charge in [0.05, 0.1) is 5.69 Å². The van der Waals surface area contributed by atoms with E-state index in [-0.39, 0.29) is 12.4 Å². The second-order valence-corrected chi connectivity index (χ2v) is 7.61. The number of aromatic nitrogens is 3. The first-order chi connectivity index (χ1) is 14.5. The highest BCUT2D eigenvalue weighted by Gasteiger charge is 2.15. The summed E-state index contributed by atoms with van der Waals surface area (Å²) in [6.07, 6.45) is 0.447. The largest absolute Gasteiger partial charge is 0.347 e. The van der Waals surface area contributed by atoms with E-state index in [2.05, 4.69) is 20.7 Å². The van der Waals surface area contributed by atoms with E-state index in [0.717, 1.165) is 5.69 Å². The highest BCUT2D eigenvalue weighted by atomic mass is 35.5. The molecule has 2 N–H and O–H groups in total. The number of rotatable bonds is 5. The number of anilines is 1. The van der Waals surface area contributed by atoms with Gasteiger partial charge < -0.3 is 10.6 Å². The molecule has 152 valence electrons. The lowest BCUT2D eigenvalue weighted by atomic mass is 10.2. The summed E-state index contributed by atoms with van der Waals surface area (Å²) >= 11 is 7.26.